The van der Waals surface area contributed by atoms with Crippen molar-refractivity contribution in [1.29, 1.82) is 0 Å². The van der Waals surface area contributed by atoms with Gasteiger partial charge in [-0.1, -0.05) is 18.2 Å². The van der Waals surface area contributed by atoms with Crippen LogP contribution in [-0.4, -0.2) is 30.3 Å². The van der Waals surface area contributed by atoms with Gasteiger partial charge >= 0.3 is 12.1 Å². The summed E-state index contributed by atoms with van der Waals surface area (Å²) in [6.45, 7) is 0. The number of hydrogen-bond donors (Lipinski definition) is 2. The lowest BCUT2D eigenvalue weighted by molar-refractivity contribution is -0.142. The van der Waals surface area contributed by atoms with Gasteiger partial charge in [0.1, 0.15) is 17.5 Å². The zero-order chi connectivity index (χ0) is 23.5. The first kappa shape index (κ1) is 23.4. The summed E-state index contributed by atoms with van der Waals surface area (Å²) < 4.78 is 50.6. The fourth-order valence-corrected chi connectivity index (χ4v) is 3.52. The molecule has 0 saturated carbocycles. The van der Waals surface area contributed by atoms with Crippen LogP contribution in [0.5, 0.6) is 11.5 Å². The molecule has 11 heteroatoms. The number of carbonyl (C=O) groups is 3. The van der Waals surface area contributed by atoms with Gasteiger partial charge in [0.15, 0.2) is 0 Å². The molecule has 3 N–H and O–H groups in total. The van der Waals surface area contributed by atoms with Crippen molar-refractivity contribution in [3.8, 4) is 11.5 Å². The number of halogens is 3. The first-order valence-electron chi connectivity index (χ1n) is 9.13. The maximum Gasteiger partial charge on any atom is 0.419 e. The van der Waals surface area contributed by atoms with Crippen LogP contribution in [0.15, 0.2) is 47.4 Å². The van der Waals surface area contributed by atoms with Crippen LogP contribution < -0.4 is 15.8 Å². The molecule has 32 heavy (non-hydrogen) atoms. The molecule has 0 spiro atoms. The van der Waals surface area contributed by atoms with E-state index in [1.807, 2.05) is 0 Å². The average Bonchev–Trinajstić information content (AvgIpc) is 3.05. The van der Waals surface area contributed by atoms with Crippen molar-refractivity contribution in [2.24, 2.45) is 5.73 Å². The molecule has 1 fully saturated rings. The van der Waals surface area contributed by atoms with E-state index in [-0.39, 0.29) is 22.6 Å². The van der Waals surface area contributed by atoms with E-state index in [9.17, 15) is 27.6 Å². The minimum Gasteiger partial charge on any atom is -0.468 e. The number of nitrogens with two attached hydrogens (primary N) is 1. The van der Waals surface area contributed by atoms with Crippen LogP contribution in [-0.2, 0) is 26.9 Å². The Morgan fingerprint density at radius 1 is 1.19 bits per heavy atom. The number of carbonyl (C=O) groups excluding carboxylic acids is 3. The Kier molecular flexibility index (Phi) is 6.90. The molecule has 0 bridgehead atoms. The summed E-state index contributed by atoms with van der Waals surface area (Å²) in [5, 5.41) is 1.65. The van der Waals surface area contributed by atoms with Gasteiger partial charge in [-0.3, -0.25) is 19.7 Å². The predicted octanol–water partition coefficient (Wildman–Crippen LogP) is 3.86. The summed E-state index contributed by atoms with van der Waals surface area (Å²) in [6, 6.07) is 8.28. The van der Waals surface area contributed by atoms with Crippen molar-refractivity contribution in [3.63, 3.8) is 0 Å². The highest BCUT2D eigenvalue weighted by molar-refractivity contribution is 8.18. The zero-order valence-electron chi connectivity index (χ0n) is 16.6. The standard InChI is InChI=1S/C21H17F3N2O5S/c1-30-19(28)15(25)9-12-4-7-16(14(8-12)21(22,23)24)31-13-5-2-11(3-6-13)10-17-18(27)26-20(29)32-17/h2-8,10,15H,9,25H2,1H3,(H,26,27,29). The first-order chi connectivity index (χ1) is 15.1. The van der Waals surface area contributed by atoms with Gasteiger partial charge in [-0.05, 0) is 59.7 Å². The normalized spacial score (nSPS) is 16.1. The second-order valence-electron chi connectivity index (χ2n) is 6.69. The number of hydrogen-bond acceptors (Lipinski definition) is 7. The summed E-state index contributed by atoms with van der Waals surface area (Å²) in [5.41, 5.74) is 5.38. The van der Waals surface area contributed by atoms with Gasteiger partial charge in [0.25, 0.3) is 11.1 Å². The molecule has 0 aliphatic carbocycles. The molecular formula is C21H17F3N2O5S. The van der Waals surface area contributed by atoms with Crippen LogP contribution in [0.2, 0.25) is 0 Å². The second-order valence-corrected chi connectivity index (χ2v) is 7.70. The van der Waals surface area contributed by atoms with E-state index < -0.39 is 40.6 Å². The molecule has 0 radical (unpaired) electrons. The number of ether oxygens (including phenoxy) is 2. The lowest BCUT2D eigenvalue weighted by Gasteiger charge is -2.16. The third-order valence-corrected chi connectivity index (χ3v) is 5.17. The van der Waals surface area contributed by atoms with E-state index in [1.165, 1.54) is 36.4 Å². The number of nitrogens with one attached hydrogen (secondary N) is 1. The van der Waals surface area contributed by atoms with Crippen molar-refractivity contribution in [2.75, 3.05) is 7.11 Å². The molecule has 1 unspecified atom stereocenters. The number of amides is 2. The highest BCUT2D eigenvalue weighted by Crippen LogP contribution is 2.39. The Morgan fingerprint density at radius 3 is 2.44 bits per heavy atom. The van der Waals surface area contributed by atoms with Gasteiger partial charge in [-0.25, -0.2) is 0 Å². The van der Waals surface area contributed by atoms with E-state index >= 15 is 0 Å². The maximum absolute atomic E-state index is 13.6. The Morgan fingerprint density at radius 2 is 1.88 bits per heavy atom. The smallest absolute Gasteiger partial charge is 0.419 e. The number of alkyl halides is 3. The Bertz CT molecular complexity index is 1080. The molecule has 2 amide bonds. The van der Waals surface area contributed by atoms with Crippen LogP contribution in [0.3, 0.4) is 0 Å². The maximum atomic E-state index is 13.6. The van der Waals surface area contributed by atoms with E-state index in [2.05, 4.69) is 10.1 Å². The minimum absolute atomic E-state index is 0.131. The largest absolute Gasteiger partial charge is 0.468 e. The van der Waals surface area contributed by atoms with E-state index in [4.69, 9.17) is 10.5 Å². The van der Waals surface area contributed by atoms with Crippen LogP contribution >= 0.6 is 11.8 Å². The second kappa shape index (κ2) is 9.45. The highest BCUT2D eigenvalue weighted by atomic mass is 32.2. The molecule has 168 valence electrons. The molecule has 7 nitrogen and oxygen atoms in total. The lowest BCUT2D eigenvalue weighted by atomic mass is 10.0. The van der Waals surface area contributed by atoms with Gasteiger partial charge in [0, 0.05) is 0 Å². The number of imide groups is 1. The van der Waals surface area contributed by atoms with Gasteiger partial charge in [-0.2, -0.15) is 13.2 Å². The summed E-state index contributed by atoms with van der Waals surface area (Å²) in [6.07, 6.45) is -3.35. The van der Waals surface area contributed by atoms with Crippen LogP contribution in [0.1, 0.15) is 16.7 Å². The van der Waals surface area contributed by atoms with E-state index in [0.717, 1.165) is 31.0 Å². The summed E-state index contributed by atoms with van der Waals surface area (Å²) in [5.74, 6) is -1.53. The molecule has 1 aliphatic heterocycles. The molecule has 1 aliphatic rings. The Balaban J connectivity index is 1.80. The lowest BCUT2D eigenvalue weighted by Crippen LogP contribution is -2.33. The number of methoxy groups -OCH3 is 1. The summed E-state index contributed by atoms with van der Waals surface area (Å²) in [4.78, 5) is 34.4. The molecule has 1 heterocycles. The van der Waals surface area contributed by atoms with Crippen molar-refractivity contribution in [2.45, 2.75) is 18.6 Å². The fourth-order valence-electron chi connectivity index (χ4n) is 2.83. The van der Waals surface area contributed by atoms with Crippen LogP contribution in [0, 0.1) is 0 Å². The van der Waals surface area contributed by atoms with Crippen molar-refractivity contribution in [3.05, 3.63) is 64.1 Å². The highest BCUT2D eigenvalue weighted by Gasteiger charge is 2.35. The quantitative estimate of drug-likeness (QED) is 0.492. The minimum atomic E-state index is -4.70. The molecular weight excluding hydrogens is 449 g/mol. The Labute approximate surface area is 184 Å². The molecule has 0 aromatic heterocycles. The molecule has 1 saturated heterocycles. The monoisotopic (exact) mass is 466 g/mol. The first-order valence-corrected chi connectivity index (χ1v) is 9.95. The third kappa shape index (κ3) is 5.68. The van der Waals surface area contributed by atoms with Crippen LogP contribution in [0.25, 0.3) is 6.08 Å². The topological polar surface area (TPSA) is 108 Å². The van der Waals surface area contributed by atoms with Crippen molar-refractivity contribution in [1.82, 2.24) is 5.32 Å². The van der Waals surface area contributed by atoms with Crippen LogP contribution in [0.4, 0.5) is 18.0 Å². The van der Waals surface area contributed by atoms with E-state index in [1.54, 1.807) is 0 Å². The van der Waals surface area contributed by atoms with Crippen molar-refractivity contribution >= 4 is 35.0 Å². The third-order valence-electron chi connectivity index (χ3n) is 4.36. The van der Waals surface area contributed by atoms with E-state index in [0.29, 0.717) is 5.56 Å². The van der Waals surface area contributed by atoms with Gasteiger partial charge in [-0.15, -0.1) is 0 Å². The summed E-state index contributed by atoms with van der Waals surface area (Å²) >= 11 is 0.756. The molecule has 1 atom stereocenters. The van der Waals surface area contributed by atoms with Gasteiger partial charge in [0.2, 0.25) is 0 Å². The SMILES string of the molecule is COC(=O)C(N)Cc1ccc(Oc2ccc(C=C3SC(=O)NC3=O)cc2)c(C(F)(F)F)c1. The number of esters is 1. The number of rotatable bonds is 6. The van der Waals surface area contributed by atoms with Gasteiger partial charge in [0.05, 0.1) is 17.6 Å². The molecule has 2 aromatic rings. The fraction of sp³-hybridized carbons (Fsp3) is 0.190. The number of thioether (sulfide) groups is 1. The number of benzene rings is 2. The summed E-state index contributed by atoms with van der Waals surface area (Å²) in [7, 11) is 1.14. The van der Waals surface area contributed by atoms with Gasteiger partial charge < -0.3 is 15.2 Å². The molecule has 2 aromatic carbocycles. The zero-order valence-corrected chi connectivity index (χ0v) is 17.4. The Hall–Kier alpha value is -3.31. The van der Waals surface area contributed by atoms with Crippen molar-refractivity contribution < 1.29 is 37.0 Å². The molecule has 3 rings (SSSR count). The average molecular weight is 466 g/mol. The predicted molar refractivity (Wildman–Crippen MR) is 111 cm³/mol.